The average Bonchev–Trinajstić information content (AvgIpc) is 2.77. The minimum Gasteiger partial charge on any atom is -0.379 e. The Kier molecular flexibility index (Phi) is 4.30. The van der Waals surface area contributed by atoms with E-state index in [0.717, 1.165) is 13.0 Å². The summed E-state index contributed by atoms with van der Waals surface area (Å²) in [4.78, 5) is 0. The normalized spacial score (nSPS) is 22.8. The van der Waals surface area contributed by atoms with E-state index in [0.29, 0.717) is 19.3 Å². The first-order chi connectivity index (χ1) is 6.08. The van der Waals surface area contributed by atoms with Gasteiger partial charge in [0.25, 0.3) is 0 Å². The third kappa shape index (κ3) is 7.12. The largest absolute Gasteiger partial charge is 0.379 e. The molecule has 0 radical (unpaired) electrons. The Bertz CT molecular complexity index is 142. The van der Waals surface area contributed by atoms with E-state index in [1.54, 1.807) is 0 Å². The van der Waals surface area contributed by atoms with Gasteiger partial charge in [-0.1, -0.05) is 6.04 Å². The molecule has 78 valence electrons. The third-order valence-electron chi connectivity index (χ3n) is 1.76. The van der Waals surface area contributed by atoms with Gasteiger partial charge in [-0.2, -0.15) is 0 Å². The Labute approximate surface area is 79.1 Å². The Morgan fingerprint density at radius 1 is 1.46 bits per heavy atom. The summed E-state index contributed by atoms with van der Waals surface area (Å²) < 4.78 is 10.2. The highest BCUT2D eigenvalue weighted by atomic mass is 28.2. The molecule has 13 heavy (non-hydrogen) atoms. The molecular formula is C7H16O5Si. The Morgan fingerprint density at radius 3 is 2.69 bits per heavy atom. The quantitative estimate of drug-likeness (QED) is 0.194. The first-order valence-electron chi connectivity index (χ1n) is 4.44. The SMILES string of the molecule is OC(O)(O)[SiH2]CCCOCC1CO1. The van der Waals surface area contributed by atoms with Crippen LogP contribution in [0.25, 0.3) is 0 Å². The molecule has 3 N–H and O–H groups in total. The molecule has 1 heterocycles. The number of ether oxygens (including phenoxy) is 2. The van der Waals surface area contributed by atoms with E-state index >= 15 is 0 Å². The van der Waals surface area contributed by atoms with E-state index in [2.05, 4.69) is 0 Å². The first kappa shape index (κ1) is 11.1. The van der Waals surface area contributed by atoms with Crippen molar-refractivity contribution in [3.8, 4) is 0 Å². The third-order valence-corrected chi connectivity index (χ3v) is 3.28. The number of aliphatic hydroxyl groups is 3. The maximum Gasteiger partial charge on any atom is 0.241 e. The first-order valence-corrected chi connectivity index (χ1v) is 6.15. The molecule has 5 nitrogen and oxygen atoms in total. The van der Waals surface area contributed by atoms with Gasteiger partial charge in [0.05, 0.1) is 13.2 Å². The molecule has 1 aliphatic rings. The number of hydrogen-bond acceptors (Lipinski definition) is 5. The van der Waals surface area contributed by atoms with Crippen LogP contribution in [0.4, 0.5) is 0 Å². The van der Waals surface area contributed by atoms with Gasteiger partial charge in [0.2, 0.25) is 5.60 Å². The molecule has 0 saturated carbocycles. The van der Waals surface area contributed by atoms with Crippen molar-refractivity contribution < 1.29 is 24.8 Å². The summed E-state index contributed by atoms with van der Waals surface area (Å²) in [7, 11) is -1.23. The van der Waals surface area contributed by atoms with Crippen molar-refractivity contribution in [1.82, 2.24) is 0 Å². The van der Waals surface area contributed by atoms with Gasteiger partial charge >= 0.3 is 0 Å². The Morgan fingerprint density at radius 2 is 2.15 bits per heavy atom. The highest BCUT2D eigenvalue weighted by Crippen LogP contribution is 2.08. The van der Waals surface area contributed by atoms with Gasteiger partial charge in [0, 0.05) is 6.61 Å². The molecule has 1 unspecified atom stereocenters. The molecule has 0 amide bonds. The van der Waals surface area contributed by atoms with Crippen LogP contribution < -0.4 is 0 Å². The molecule has 1 atom stereocenters. The maximum absolute atomic E-state index is 8.58. The van der Waals surface area contributed by atoms with Crippen molar-refractivity contribution in [2.45, 2.75) is 24.2 Å². The number of epoxide rings is 1. The van der Waals surface area contributed by atoms with Crippen molar-refractivity contribution in [3.05, 3.63) is 0 Å². The minimum absolute atomic E-state index is 0.282. The van der Waals surface area contributed by atoms with Crippen molar-refractivity contribution in [1.29, 1.82) is 0 Å². The van der Waals surface area contributed by atoms with Crippen molar-refractivity contribution >= 4 is 9.52 Å². The number of hydrogen-bond donors (Lipinski definition) is 3. The molecule has 1 rings (SSSR count). The van der Waals surface area contributed by atoms with Gasteiger partial charge in [-0.15, -0.1) is 0 Å². The second kappa shape index (κ2) is 5.04. The molecule has 1 aliphatic heterocycles. The summed E-state index contributed by atoms with van der Waals surface area (Å²) >= 11 is 0. The van der Waals surface area contributed by atoms with Crippen LogP contribution in [0.2, 0.25) is 6.04 Å². The number of rotatable bonds is 7. The molecule has 0 aliphatic carbocycles. The fourth-order valence-corrected chi connectivity index (χ4v) is 1.87. The van der Waals surface area contributed by atoms with Gasteiger partial charge < -0.3 is 24.8 Å². The van der Waals surface area contributed by atoms with Gasteiger partial charge in [0.15, 0.2) is 0 Å². The lowest BCUT2D eigenvalue weighted by molar-refractivity contribution is -0.246. The topological polar surface area (TPSA) is 82.5 Å². The zero-order valence-corrected chi connectivity index (χ0v) is 8.89. The average molecular weight is 208 g/mol. The zero-order valence-electron chi connectivity index (χ0n) is 7.48. The maximum atomic E-state index is 8.58. The molecule has 1 saturated heterocycles. The van der Waals surface area contributed by atoms with Gasteiger partial charge in [0.1, 0.15) is 15.6 Å². The standard InChI is InChI=1S/C7H16O5Si/c8-7(9,10)13-3-1-2-11-4-6-5-12-6/h6,8-10H,1-5,13H2. The van der Waals surface area contributed by atoms with Crippen LogP contribution in [-0.2, 0) is 9.47 Å². The minimum atomic E-state index is -2.39. The molecular weight excluding hydrogens is 192 g/mol. The second-order valence-electron chi connectivity index (χ2n) is 3.26. The molecule has 0 aromatic heterocycles. The Hall–Kier alpha value is 0.0169. The van der Waals surface area contributed by atoms with E-state index in [1.807, 2.05) is 0 Å². The summed E-state index contributed by atoms with van der Waals surface area (Å²) in [5.41, 5.74) is -2.39. The lowest BCUT2D eigenvalue weighted by Gasteiger charge is -2.12. The molecule has 0 aromatic carbocycles. The predicted molar refractivity (Wildman–Crippen MR) is 47.9 cm³/mol. The predicted octanol–water partition coefficient (Wildman–Crippen LogP) is -2.03. The fraction of sp³-hybridized carbons (Fsp3) is 1.00. The van der Waals surface area contributed by atoms with Crippen molar-refractivity contribution in [3.63, 3.8) is 0 Å². The monoisotopic (exact) mass is 208 g/mol. The van der Waals surface area contributed by atoms with Crippen molar-refractivity contribution in [2.75, 3.05) is 19.8 Å². The van der Waals surface area contributed by atoms with E-state index in [1.165, 1.54) is 0 Å². The fourth-order valence-electron chi connectivity index (χ4n) is 0.945. The molecule has 0 spiro atoms. The zero-order chi connectivity index (χ0) is 9.73. The summed E-state index contributed by atoms with van der Waals surface area (Å²) in [5.74, 6) is 0. The Balaban J connectivity index is 1.78. The van der Waals surface area contributed by atoms with E-state index in [4.69, 9.17) is 24.8 Å². The van der Waals surface area contributed by atoms with Crippen LogP contribution in [0, 0.1) is 0 Å². The summed E-state index contributed by atoms with van der Waals surface area (Å²) in [6.45, 7) is 2.02. The highest BCUT2D eigenvalue weighted by Gasteiger charge is 2.22. The van der Waals surface area contributed by atoms with E-state index in [-0.39, 0.29) is 6.10 Å². The van der Waals surface area contributed by atoms with E-state index in [9.17, 15) is 0 Å². The van der Waals surface area contributed by atoms with E-state index < -0.39 is 15.1 Å². The smallest absolute Gasteiger partial charge is 0.241 e. The van der Waals surface area contributed by atoms with Gasteiger partial charge in [-0.05, 0) is 6.42 Å². The molecule has 1 fully saturated rings. The van der Waals surface area contributed by atoms with Crippen LogP contribution in [0.5, 0.6) is 0 Å². The van der Waals surface area contributed by atoms with Crippen LogP contribution in [0.15, 0.2) is 0 Å². The van der Waals surface area contributed by atoms with Crippen molar-refractivity contribution in [2.24, 2.45) is 0 Å². The summed E-state index contributed by atoms with van der Waals surface area (Å²) in [6, 6.07) is 0.662. The lowest BCUT2D eigenvalue weighted by atomic mass is 10.5. The summed E-state index contributed by atoms with van der Waals surface area (Å²) in [6.07, 6.45) is 1.05. The van der Waals surface area contributed by atoms with Crippen LogP contribution >= 0.6 is 0 Å². The molecule has 6 heteroatoms. The lowest BCUT2D eigenvalue weighted by Crippen LogP contribution is -2.34. The van der Waals surface area contributed by atoms with Gasteiger partial charge in [-0.25, -0.2) is 0 Å². The van der Waals surface area contributed by atoms with Crippen LogP contribution in [0.3, 0.4) is 0 Å². The van der Waals surface area contributed by atoms with Crippen LogP contribution in [0.1, 0.15) is 6.42 Å². The molecule has 0 bridgehead atoms. The highest BCUT2D eigenvalue weighted by molar-refractivity contribution is 6.37. The molecule has 0 aromatic rings. The van der Waals surface area contributed by atoms with Gasteiger partial charge in [-0.3, -0.25) is 0 Å². The van der Waals surface area contributed by atoms with Crippen LogP contribution in [-0.4, -0.2) is 56.4 Å². The summed E-state index contributed by atoms with van der Waals surface area (Å²) in [5, 5.41) is 25.8. The second-order valence-corrected chi connectivity index (χ2v) is 5.42.